The molecule has 4 nitrogen and oxygen atoms in total. The lowest BCUT2D eigenvalue weighted by molar-refractivity contribution is -0.119. The highest BCUT2D eigenvalue weighted by Gasteiger charge is 2.29. The van der Waals surface area contributed by atoms with Crippen LogP contribution < -0.4 is 5.06 Å². The largest absolute Gasteiger partial charge is 0.389 e. The first-order valence-electron chi connectivity index (χ1n) is 5.35. The monoisotopic (exact) mass is 221 g/mol. The summed E-state index contributed by atoms with van der Waals surface area (Å²) in [5, 5.41) is 10.7. The number of hydroxylamine groups is 1. The van der Waals surface area contributed by atoms with Gasteiger partial charge in [-0.25, -0.2) is 0 Å². The number of benzene rings is 1. The van der Waals surface area contributed by atoms with Gasteiger partial charge in [-0.05, 0) is 31.5 Å². The summed E-state index contributed by atoms with van der Waals surface area (Å²) in [6.45, 7) is 3.57. The van der Waals surface area contributed by atoms with Gasteiger partial charge in [-0.3, -0.25) is 9.63 Å². The number of amides is 1. The summed E-state index contributed by atoms with van der Waals surface area (Å²) in [5.74, 6) is -0.0303. The van der Waals surface area contributed by atoms with Crippen molar-refractivity contribution >= 4 is 11.6 Å². The predicted octanol–water partition coefficient (Wildman–Crippen LogP) is 1.80. The van der Waals surface area contributed by atoms with Crippen LogP contribution in [0.3, 0.4) is 0 Å². The van der Waals surface area contributed by atoms with Crippen LogP contribution in [0.25, 0.3) is 0 Å². The molecule has 1 saturated heterocycles. The number of anilines is 1. The molecule has 1 aliphatic rings. The molecule has 1 aliphatic heterocycles. The molecule has 1 heterocycles. The van der Waals surface area contributed by atoms with Gasteiger partial charge in [0.05, 0.1) is 24.3 Å². The van der Waals surface area contributed by atoms with Gasteiger partial charge >= 0.3 is 0 Å². The second-order valence-corrected chi connectivity index (χ2v) is 4.08. The molecule has 16 heavy (non-hydrogen) atoms. The van der Waals surface area contributed by atoms with Gasteiger partial charge in [-0.1, -0.05) is 12.1 Å². The quantitative estimate of drug-likeness (QED) is 0.828. The maximum Gasteiger partial charge on any atom is 0.253 e. The summed E-state index contributed by atoms with van der Waals surface area (Å²) >= 11 is 0. The van der Waals surface area contributed by atoms with E-state index < -0.39 is 6.10 Å². The molecule has 1 fully saturated rings. The maximum atomic E-state index is 11.6. The smallest absolute Gasteiger partial charge is 0.253 e. The maximum absolute atomic E-state index is 11.6. The van der Waals surface area contributed by atoms with Crippen LogP contribution in [0.4, 0.5) is 5.69 Å². The summed E-state index contributed by atoms with van der Waals surface area (Å²) in [7, 11) is 0. The van der Waals surface area contributed by atoms with Gasteiger partial charge < -0.3 is 5.11 Å². The third kappa shape index (κ3) is 2.08. The first kappa shape index (κ1) is 11.1. The van der Waals surface area contributed by atoms with Gasteiger partial charge in [0.15, 0.2) is 0 Å². The molecule has 1 N–H and O–H groups in total. The lowest BCUT2D eigenvalue weighted by Crippen LogP contribution is -2.22. The first-order valence-corrected chi connectivity index (χ1v) is 5.35. The van der Waals surface area contributed by atoms with E-state index in [0.29, 0.717) is 12.1 Å². The Labute approximate surface area is 94.4 Å². The molecule has 2 unspecified atom stereocenters. The zero-order valence-corrected chi connectivity index (χ0v) is 9.38. The third-order valence-corrected chi connectivity index (χ3v) is 2.58. The molecule has 0 aliphatic carbocycles. The lowest BCUT2D eigenvalue weighted by Gasteiger charge is -2.15. The van der Waals surface area contributed by atoms with Crippen molar-refractivity contribution in [1.29, 1.82) is 0 Å². The van der Waals surface area contributed by atoms with Crippen molar-refractivity contribution in [3.8, 4) is 0 Å². The second kappa shape index (κ2) is 4.23. The van der Waals surface area contributed by atoms with Crippen LogP contribution in [0.2, 0.25) is 0 Å². The van der Waals surface area contributed by atoms with Crippen LogP contribution in [0, 0.1) is 0 Å². The number of aliphatic hydroxyl groups is 1. The fourth-order valence-electron chi connectivity index (χ4n) is 1.70. The Bertz CT molecular complexity index is 386. The predicted molar refractivity (Wildman–Crippen MR) is 59.7 cm³/mol. The van der Waals surface area contributed by atoms with Crippen LogP contribution >= 0.6 is 0 Å². The van der Waals surface area contributed by atoms with E-state index in [1.165, 1.54) is 5.06 Å². The van der Waals surface area contributed by atoms with Gasteiger partial charge in [-0.2, -0.15) is 5.06 Å². The summed E-state index contributed by atoms with van der Waals surface area (Å²) in [6.07, 6.45) is -0.148. The topological polar surface area (TPSA) is 49.8 Å². The summed E-state index contributed by atoms with van der Waals surface area (Å²) in [4.78, 5) is 16.9. The average molecular weight is 221 g/mol. The normalized spacial score (nSPS) is 22.6. The molecule has 1 aromatic rings. The summed E-state index contributed by atoms with van der Waals surface area (Å²) in [5.41, 5.74) is 1.53. The highest BCUT2D eigenvalue weighted by Crippen LogP contribution is 2.25. The summed E-state index contributed by atoms with van der Waals surface area (Å²) in [6, 6.07) is 7.13. The SMILES string of the molecule is CC1CC(=O)N(c2ccc(C(C)O)cc2)O1. The molecule has 1 aromatic carbocycles. The van der Waals surface area contributed by atoms with E-state index in [0.717, 1.165) is 5.56 Å². The number of rotatable bonds is 2. The van der Waals surface area contributed by atoms with Crippen LogP contribution in [-0.4, -0.2) is 17.1 Å². The minimum absolute atomic E-state index is 0.0303. The molecule has 0 aromatic heterocycles. The number of aliphatic hydroxyl groups excluding tert-OH is 1. The van der Waals surface area contributed by atoms with Gasteiger partial charge in [-0.15, -0.1) is 0 Å². The van der Waals surface area contributed by atoms with E-state index in [9.17, 15) is 9.90 Å². The van der Waals surface area contributed by atoms with Crippen molar-refractivity contribution in [3.05, 3.63) is 29.8 Å². The molecule has 0 spiro atoms. The molecule has 86 valence electrons. The van der Waals surface area contributed by atoms with Crippen LogP contribution in [0.5, 0.6) is 0 Å². The van der Waals surface area contributed by atoms with E-state index in [-0.39, 0.29) is 12.0 Å². The third-order valence-electron chi connectivity index (χ3n) is 2.58. The number of carbonyl (C=O) groups is 1. The van der Waals surface area contributed by atoms with Crippen LogP contribution in [0.15, 0.2) is 24.3 Å². The van der Waals surface area contributed by atoms with Crippen molar-refractivity contribution in [2.75, 3.05) is 5.06 Å². The van der Waals surface area contributed by atoms with Gasteiger partial charge in [0.2, 0.25) is 0 Å². The van der Waals surface area contributed by atoms with Crippen molar-refractivity contribution in [2.45, 2.75) is 32.5 Å². The molecule has 2 atom stereocenters. The van der Waals surface area contributed by atoms with E-state index in [1.54, 1.807) is 31.2 Å². The standard InChI is InChI=1S/C12H15NO3/c1-8-7-12(15)13(16-8)11-5-3-10(4-6-11)9(2)14/h3-6,8-9,14H,7H2,1-2H3. The highest BCUT2D eigenvalue weighted by molar-refractivity contribution is 5.93. The molecule has 2 rings (SSSR count). The zero-order chi connectivity index (χ0) is 11.7. The summed E-state index contributed by atoms with van der Waals surface area (Å²) < 4.78 is 0. The first-order chi connectivity index (χ1) is 7.58. The molecule has 0 saturated carbocycles. The molecular formula is C12H15NO3. The van der Waals surface area contributed by atoms with E-state index in [1.807, 2.05) is 6.92 Å². The second-order valence-electron chi connectivity index (χ2n) is 4.08. The Hall–Kier alpha value is -1.39. The van der Waals surface area contributed by atoms with Crippen molar-refractivity contribution in [3.63, 3.8) is 0 Å². The van der Waals surface area contributed by atoms with Crippen molar-refractivity contribution in [2.24, 2.45) is 0 Å². The van der Waals surface area contributed by atoms with Crippen LogP contribution in [0.1, 0.15) is 31.9 Å². The Balaban J connectivity index is 2.19. The highest BCUT2D eigenvalue weighted by atomic mass is 16.7. The van der Waals surface area contributed by atoms with Gasteiger partial charge in [0, 0.05) is 0 Å². The van der Waals surface area contributed by atoms with Gasteiger partial charge in [0.25, 0.3) is 5.91 Å². The van der Waals surface area contributed by atoms with Crippen LogP contribution in [-0.2, 0) is 9.63 Å². The fraction of sp³-hybridized carbons (Fsp3) is 0.417. The van der Waals surface area contributed by atoms with Gasteiger partial charge in [0.1, 0.15) is 0 Å². The Morgan fingerprint density at radius 1 is 1.44 bits per heavy atom. The number of hydrogen-bond acceptors (Lipinski definition) is 3. The molecule has 0 radical (unpaired) electrons. The number of hydrogen-bond donors (Lipinski definition) is 1. The molecule has 4 heteroatoms. The molecule has 0 bridgehead atoms. The molecule has 1 amide bonds. The Morgan fingerprint density at radius 2 is 2.06 bits per heavy atom. The van der Waals surface area contributed by atoms with E-state index >= 15 is 0 Å². The fourth-order valence-corrected chi connectivity index (χ4v) is 1.70. The van der Waals surface area contributed by atoms with E-state index in [2.05, 4.69) is 0 Å². The number of carbonyl (C=O) groups excluding carboxylic acids is 1. The van der Waals surface area contributed by atoms with Crippen molar-refractivity contribution < 1.29 is 14.7 Å². The Kier molecular flexibility index (Phi) is 2.94. The Morgan fingerprint density at radius 3 is 2.50 bits per heavy atom. The lowest BCUT2D eigenvalue weighted by atomic mass is 10.1. The molecular weight excluding hydrogens is 206 g/mol. The average Bonchev–Trinajstić information content (AvgIpc) is 2.58. The minimum Gasteiger partial charge on any atom is -0.389 e. The zero-order valence-electron chi connectivity index (χ0n) is 9.38. The minimum atomic E-state index is -0.497. The number of nitrogens with zero attached hydrogens (tertiary/aromatic N) is 1. The van der Waals surface area contributed by atoms with Crippen molar-refractivity contribution in [1.82, 2.24) is 0 Å². The van der Waals surface area contributed by atoms with E-state index in [4.69, 9.17) is 4.84 Å².